The third-order valence-electron chi connectivity index (χ3n) is 3.26. The third-order valence-corrected chi connectivity index (χ3v) is 3.54. The number of rotatable bonds is 2. The van der Waals surface area contributed by atoms with E-state index in [4.69, 9.17) is 26.5 Å². The van der Waals surface area contributed by atoms with Crippen molar-refractivity contribution < 1.29 is 4.42 Å². The number of nitriles is 2. The molecule has 104 valence electrons. The lowest BCUT2D eigenvalue weighted by molar-refractivity contribution is 0.597. The van der Waals surface area contributed by atoms with Crippen LogP contribution in [0, 0.1) is 22.7 Å². The molecule has 0 spiro atoms. The lowest BCUT2D eigenvalue weighted by Crippen LogP contribution is -1.77. The van der Waals surface area contributed by atoms with E-state index in [1.807, 2.05) is 12.1 Å². The SMILES string of the molecule is N#Cc1ccc(-c2cc(Cl)c(-c3ccc(C#N)cc3)o2)cc1. The van der Waals surface area contributed by atoms with Crippen LogP contribution < -0.4 is 0 Å². The predicted octanol–water partition coefficient (Wildman–Crippen LogP) is 5.01. The van der Waals surface area contributed by atoms with Crippen LogP contribution in [0.5, 0.6) is 0 Å². The molecule has 0 bridgehead atoms. The molecule has 3 nitrogen and oxygen atoms in total. The van der Waals surface area contributed by atoms with Crippen molar-refractivity contribution in [2.75, 3.05) is 0 Å². The van der Waals surface area contributed by atoms with Crippen LogP contribution in [0.25, 0.3) is 22.6 Å². The van der Waals surface area contributed by atoms with E-state index in [2.05, 4.69) is 12.1 Å². The van der Waals surface area contributed by atoms with Crippen LogP contribution in [0.15, 0.2) is 59.0 Å². The van der Waals surface area contributed by atoms with Crippen LogP contribution in [0.4, 0.5) is 0 Å². The highest BCUT2D eigenvalue weighted by Gasteiger charge is 2.13. The molecule has 0 aliphatic heterocycles. The Morgan fingerprint density at radius 3 is 1.77 bits per heavy atom. The summed E-state index contributed by atoms with van der Waals surface area (Å²) in [4.78, 5) is 0. The first kappa shape index (κ1) is 13.9. The summed E-state index contributed by atoms with van der Waals surface area (Å²) in [5.74, 6) is 1.19. The van der Waals surface area contributed by atoms with Crippen LogP contribution >= 0.6 is 11.6 Å². The Morgan fingerprint density at radius 2 is 1.27 bits per heavy atom. The summed E-state index contributed by atoms with van der Waals surface area (Å²) in [6.07, 6.45) is 0. The van der Waals surface area contributed by atoms with Gasteiger partial charge in [-0.2, -0.15) is 10.5 Å². The molecule has 3 aromatic rings. The first-order valence-corrected chi connectivity index (χ1v) is 6.89. The number of hydrogen-bond donors (Lipinski definition) is 0. The minimum atomic E-state index is 0.504. The molecule has 0 atom stereocenters. The van der Waals surface area contributed by atoms with Crippen molar-refractivity contribution in [3.8, 4) is 34.8 Å². The summed E-state index contributed by atoms with van der Waals surface area (Å²) >= 11 is 6.25. The van der Waals surface area contributed by atoms with Crippen LogP contribution in [0.2, 0.25) is 5.02 Å². The summed E-state index contributed by atoms with van der Waals surface area (Å²) in [5.41, 5.74) is 2.83. The van der Waals surface area contributed by atoms with Crippen LogP contribution in [0.1, 0.15) is 11.1 Å². The van der Waals surface area contributed by atoms with E-state index in [9.17, 15) is 0 Å². The lowest BCUT2D eigenvalue weighted by atomic mass is 10.1. The van der Waals surface area contributed by atoms with Gasteiger partial charge in [0.25, 0.3) is 0 Å². The van der Waals surface area contributed by atoms with Crippen molar-refractivity contribution in [1.29, 1.82) is 10.5 Å². The zero-order chi connectivity index (χ0) is 15.5. The molecule has 0 fully saturated rings. The smallest absolute Gasteiger partial charge is 0.153 e. The standard InChI is InChI=1S/C18H9ClN2O/c19-16-9-17(14-5-1-12(10-20)2-6-14)22-18(16)15-7-3-13(11-21)4-8-15/h1-9H. The van der Waals surface area contributed by atoms with E-state index in [1.165, 1.54) is 0 Å². The maximum absolute atomic E-state index is 8.83. The van der Waals surface area contributed by atoms with E-state index < -0.39 is 0 Å². The van der Waals surface area contributed by atoms with E-state index in [1.54, 1.807) is 42.5 Å². The fraction of sp³-hybridized carbons (Fsp3) is 0. The molecular weight excluding hydrogens is 296 g/mol. The molecule has 0 saturated carbocycles. The molecule has 2 aromatic carbocycles. The first-order valence-electron chi connectivity index (χ1n) is 6.51. The van der Waals surface area contributed by atoms with E-state index in [0.29, 0.717) is 27.7 Å². The minimum Gasteiger partial charge on any atom is -0.454 e. The largest absolute Gasteiger partial charge is 0.454 e. The average Bonchev–Trinajstić information content (AvgIpc) is 2.97. The maximum atomic E-state index is 8.83. The summed E-state index contributed by atoms with van der Waals surface area (Å²) in [6.45, 7) is 0. The van der Waals surface area contributed by atoms with Crippen molar-refractivity contribution >= 4 is 11.6 Å². The predicted molar refractivity (Wildman–Crippen MR) is 84.0 cm³/mol. The lowest BCUT2D eigenvalue weighted by Gasteiger charge is -1.99. The molecule has 0 amide bonds. The Labute approximate surface area is 132 Å². The number of halogens is 1. The summed E-state index contributed by atoms with van der Waals surface area (Å²) in [5, 5.41) is 18.2. The van der Waals surface area contributed by atoms with Crippen molar-refractivity contribution in [1.82, 2.24) is 0 Å². The average molecular weight is 305 g/mol. The molecule has 0 saturated heterocycles. The molecule has 1 heterocycles. The van der Waals surface area contributed by atoms with Crippen molar-refractivity contribution in [2.24, 2.45) is 0 Å². The highest BCUT2D eigenvalue weighted by atomic mass is 35.5. The second kappa shape index (κ2) is 5.77. The second-order valence-electron chi connectivity index (χ2n) is 4.67. The molecular formula is C18H9ClN2O. The van der Waals surface area contributed by atoms with Crippen LogP contribution in [0.3, 0.4) is 0 Å². The van der Waals surface area contributed by atoms with Gasteiger partial charge in [0.05, 0.1) is 28.3 Å². The highest BCUT2D eigenvalue weighted by Crippen LogP contribution is 2.35. The number of hydrogen-bond acceptors (Lipinski definition) is 3. The van der Waals surface area contributed by atoms with Gasteiger partial charge in [0.1, 0.15) is 5.76 Å². The Kier molecular flexibility index (Phi) is 3.66. The van der Waals surface area contributed by atoms with Crippen molar-refractivity contribution in [3.63, 3.8) is 0 Å². The van der Waals surface area contributed by atoms with Crippen molar-refractivity contribution in [2.45, 2.75) is 0 Å². The normalized spacial score (nSPS) is 9.95. The van der Waals surface area contributed by atoms with Gasteiger partial charge in [-0.05, 0) is 48.5 Å². The monoisotopic (exact) mass is 304 g/mol. The highest BCUT2D eigenvalue weighted by molar-refractivity contribution is 6.33. The van der Waals surface area contributed by atoms with Crippen molar-refractivity contribution in [3.05, 3.63) is 70.7 Å². The molecule has 0 unspecified atom stereocenters. The number of nitrogens with zero attached hydrogens (tertiary/aromatic N) is 2. The van der Waals surface area contributed by atoms with Gasteiger partial charge in [-0.3, -0.25) is 0 Å². The first-order chi connectivity index (χ1) is 10.7. The fourth-order valence-corrected chi connectivity index (χ4v) is 2.36. The molecule has 0 aliphatic carbocycles. The Morgan fingerprint density at radius 1 is 0.773 bits per heavy atom. The summed E-state index contributed by atoms with van der Waals surface area (Å²) < 4.78 is 5.84. The van der Waals surface area contributed by atoms with Gasteiger partial charge < -0.3 is 4.42 Å². The maximum Gasteiger partial charge on any atom is 0.153 e. The molecule has 3 rings (SSSR count). The van der Waals surface area contributed by atoms with Gasteiger partial charge in [-0.15, -0.1) is 0 Å². The van der Waals surface area contributed by atoms with E-state index in [-0.39, 0.29) is 0 Å². The second-order valence-corrected chi connectivity index (χ2v) is 5.07. The molecule has 0 radical (unpaired) electrons. The zero-order valence-corrected chi connectivity index (χ0v) is 12.1. The number of furan rings is 1. The van der Waals surface area contributed by atoms with Gasteiger partial charge in [-0.1, -0.05) is 11.6 Å². The Hall–Kier alpha value is -3.01. The van der Waals surface area contributed by atoms with E-state index in [0.717, 1.165) is 11.1 Å². The zero-order valence-electron chi connectivity index (χ0n) is 11.4. The van der Waals surface area contributed by atoms with Gasteiger partial charge >= 0.3 is 0 Å². The fourth-order valence-electron chi connectivity index (χ4n) is 2.11. The quantitative estimate of drug-likeness (QED) is 0.668. The topological polar surface area (TPSA) is 60.7 Å². The Bertz CT molecular complexity index is 894. The molecule has 0 N–H and O–H groups in total. The minimum absolute atomic E-state index is 0.504. The third kappa shape index (κ3) is 2.59. The van der Waals surface area contributed by atoms with Crippen LogP contribution in [-0.4, -0.2) is 0 Å². The van der Waals surface area contributed by atoms with Gasteiger partial charge in [0, 0.05) is 17.2 Å². The van der Waals surface area contributed by atoms with Crippen LogP contribution in [-0.2, 0) is 0 Å². The summed E-state index contributed by atoms with van der Waals surface area (Å²) in [7, 11) is 0. The number of benzene rings is 2. The Balaban J connectivity index is 1.99. The van der Waals surface area contributed by atoms with Gasteiger partial charge in [0.2, 0.25) is 0 Å². The van der Waals surface area contributed by atoms with Gasteiger partial charge in [0.15, 0.2) is 5.76 Å². The summed E-state index contributed by atoms with van der Waals surface area (Å²) in [6, 6.07) is 20.0. The van der Waals surface area contributed by atoms with Gasteiger partial charge in [-0.25, -0.2) is 0 Å². The molecule has 22 heavy (non-hydrogen) atoms. The molecule has 1 aromatic heterocycles. The van der Waals surface area contributed by atoms with E-state index >= 15 is 0 Å². The molecule has 0 aliphatic rings. The molecule has 4 heteroatoms.